The molecule has 4 heteroatoms. The zero-order chi connectivity index (χ0) is 19.4. The molecule has 0 spiro atoms. The van der Waals surface area contributed by atoms with Gasteiger partial charge in [-0.1, -0.05) is 60.7 Å². The first-order chi connectivity index (χ1) is 12.8. The van der Waals surface area contributed by atoms with Gasteiger partial charge in [0.1, 0.15) is 0 Å². The Kier molecular flexibility index (Phi) is 5.64. The van der Waals surface area contributed by atoms with Crippen LogP contribution in [0.3, 0.4) is 0 Å². The molecule has 3 rings (SSSR count). The van der Waals surface area contributed by atoms with Crippen molar-refractivity contribution in [2.24, 2.45) is 5.92 Å². The van der Waals surface area contributed by atoms with Crippen LogP contribution in [0.2, 0.25) is 0 Å². The van der Waals surface area contributed by atoms with Crippen LogP contribution in [0.1, 0.15) is 38.3 Å². The molecule has 142 valence electrons. The molecule has 0 bridgehead atoms. The third kappa shape index (κ3) is 4.76. The number of carbonyl (C=O) groups excluding carboxylic acids is 2. The molecule has 4 nitrogen and oxygen atoms in total. The highest BCUT2D eigenvalue weighted by molar-refractivity contribution is 5.89. The first-order valence-corrected chi connectivity index (χ1v) is 9.51. The number of hydrogen-bond acceptors (Lipinski definition) is 2. The lowest BCUT2D eigenvalue weighted by Crippen LogP contribution is -2.43. The Morgan fingerprint density at radius 3 is 1.85 bits per heavy atom. The summed E-state index contributed by atoms with van der Waals surface area (Å²) in [6, 6.07) is 20.0. The molecule has 2 amide bonds. The van der Waals surface area contributed by atoms with Gasteiger partial charge >= 0.3 is 0 Å². The van der Waals surface area contributed by atoms with Crippen LogP contribution in [-0.2, 0) is 22.7 Å². The second kappa shape index (κ2) is 7.95. The standard InChI is InChI=1S/C23H28N2O2/c1-23(2,3)25-17-20(14-21(25)26)22(27)24(15-18-10-6-4-7-11-18)16-19-12-8-5-9-13-19/h4-13,20H,14-17H2,1-3H3. The highest BCUT2D eigenvalue weighted by Gasteiger charge is 2.40. The second-order valence-electron chi connectivity index (χ2n) is 8.24. The summed E-state index contributed by atoms with van der Waals surface area (Å²) in [7, 11) is 0. The van der Waals surface area contributed by atoms with E-state index in [-0.39, 0.29) is 23.3 Å². The number of benzene rings is 2. The first-order valence-electron chi connectivity index (χ1n) is 9.51. The maximum absolute atomic E-state index is 13.3. The number of likely N-dealkylation sites (tertiary alicyclic amines) is 1. The van der Waals surface area contributed by atoms with Crippen LogP contribution < -0.4 is 0 Å². The molecule has 1 aliphatic rings. The van der Waals surface area contributed by atoms with Crippen molar-refractivity contribution in [3.05, 3.63) is 71.8 Å². The summed E-state index contributed by atoms with van der Waals surface area (Å²) in [5.41, 5.74) is 1.94. The molecule has 2 aromatic carbocycles. The average molecular weight is 364 g/mol. The zero-order valence-electron chi connectivity index (χ0n) is 16.4. The molecule has 1 heterocycles. The summed E-state index contributed by atoms with van der Waals surface area (Å²) in [4.78, 5) is 29.5. The summed E-state index contributed by atoms with van der Waals surface area (Å²) in [6.45, 7) is 7.65. The molecular formula is C23H28N2O2. The highest BCUT2D eigenvalue weighted by atomic mass is 16.2. The van der Waals surface area contributed by atoms with Gasteiger partial charge in [-0.25, -0.2) is 0 Å². The van der Waals surface area contributed by atoms with Gasteiger partial charge in [0, 0.05) is 31.6 Å². The molecule has 1 unspecified atom stereocenters. The molecule has 1 atom stereocenters. The van der Waals surface area contributed by atoms with Crippen molar-refractivity contribution >= 4 is 11.8 Å². The summed E-state index contributed by atoms with van der Waals surface area (Å²) >= 11 is 0. The monoisotopic (exact) mass is 364 g/mol. The lowest BCUT2D eigenvalue weighted by Gasteiger charge is -2.32. The van der Waals surface area contributed by atoms with Crippen molar-refractivity contribution in [3.63, 3.8) is 0 Å². The Balaban J connectivity index is 1.79. The molecule has 0 saturated carbocycles. The Bertz CT molecular complexity index is 740. The molecule has 27 heavy (non-hydrogen) atoms. The average Bonchev–Trinajstić information content (AvgIpc) is 3.04. The molecule has 1 aliphatic heterocycles. The molecule has 0 aliphatic carbocycles. The number of rotatable bonds is 5. The van der Waals surface area contributed by atoms with Crippen molar-refractivity contribution in [1.29, 1.82) is 0 Å². The Morgan fingerprint density at radius 2 is 1.44 bits per heavy atom. The molecule has 0 N–H and O–H groups in total. The smallest absolute Gasteiger partial charge is 0.228 e. The molecular weight excluding hydrogens is 336 g/mol. The minimum atomic E-state index is -0.274. The molecule has 1 saturated heterocycles. The van der Waals surface area contributed by atoms with Gasteiger partial charge in [0.25, 0.3) is 0 Å². The van der Waals surface area contributed by atoms with E-state index in [0.717, 1.165) is 11.1 Å². The van der Waals surface area contributed by atoms with Gasteiger partial charge in [0.15, 0.2) is 0 Å². The van der Waals surface area contributed by atoms with Crippen LogP contribution >= 0.6 is 0 Å². The maximum Gasteiger partial charge on any atom is 0.228 e. The lowest BCUT2D eigenvalue weighted by atomic mass is 10.0. The van der Waals surface area contributed by atoms with E-state index in [1.54, 1.807) is 0 Å². The molecule has 2 aromatic rings. The van der Waals surface area contributed by atoms with Gasteiger partial charge in [-0.3, -0.25) is 9.59 Å². The third-order valence-electron chi connectivity index (χ3n) is 5.03. The van der Waals surface area contributed by atoms with Gasteiger partial charge in [-0.2, -0.15) is 0 Å². The number of carbonyl (C=O) groups is 2. The topological polar surface area (TPSA) is 40.6 Å². The molecule has 0 aromatic heterocycles. The van der Waals surface area contributed by atoms with Gasteiger partial charge in [0.05, 0.1) is 5.92 Å². The maximum atomic E-state index is 13.3. The largest absolute Gasteiger partial charge is 0.337 e. The minimum Gasteiger partial charge on any atom is -0.337 e. The summed E-state index contributed by atoms with van der Waals surface area (Å²) in [5.74, 6) is -0.146. The van der Waals surface area contributed by atoms with Crippen LogP contribution in [0.4, 0.5) is 0 Å². The summed E-state index contributed by atoms with van der Waals surface area (Å²) in [6.07, 6.45) is 0.302. The van der Waals surface area contributed by atoms with Crippen molar-refractivity contribution in [3.8, 4) is 0 Å². The van der Waals surface area contributed by atoms with E-state index in [1.165, 1.54) is 0 Å². The fourth-order valence-corrected chi connectivity index (χ4v) is 3.60. The fraction of sp³-hybridized carbons (Fsp3) is 0.391. The minimum absolute atomic E-state index is 0.0582. The number of hydrogen-bond donors (Lipinski definition) is 0. The van der Waals surface area contributed by atoms with Gasteiger partial charge in [0.2, 0.25) is 11.8 Å². The van der Waals surface area contributed by atoms with Crippen molar-refractivity contribution in [2.75, 3.05) is 6.54 Å². The van der Waals surface area contributed by atoms with Crippen molar-refractivity contribution in [2.45, 2.75) is 45.8 Å². The normalized spacial score (nSPS) is 17.2. The Hall–Kier alpha value is -2.62. The van der Waals surface area contributed by atoms with Crippen LogP contribution in [-0.4, -0.2) is 33.7 Å². The second-order valence-corrected chi connectivity index (χ2v) is 8.24. The highest BCUT2D eigenvalue weighted by Crippen LogP contribution is 2.28. The van der Waals surface area contributed by atoms with Gasteiger partial charge in [-0.15, -0.1) is 0 Å². The molecule has 0 radical (unpaired) electrons. The van der Waals surface area contributed by atoms with E-state index in [2.05, 4.69) is 0 Å². The first kappa shape index (κ1) is 19.2. The van der Waals surface area contributed by atoms with Crippen LogP contribution in [0.15, 0.2) is 60.7 Å². The third-order valence-corrected chi connectivity index (χ3v) is 5.03. The van der Waals surface area contributed by atoms with Crippen LogP contribution in [0.5, 0.6) is 0 Å². The van der Waals surface area contributed by atoms with Crippen molar-refractivity contribution < 1.29 is 9.59 Å². The van der Waals surface area contributed by atoms with E-state index in [0.29, 0.717) is 26.1 Å². The summed E-state index contributed by atoms with van der Waals surface area (Å²) in [5, 5.41) is 0. The lowest BCUT2D eigenvalue weighted by molar-refractivity contribution is -0.137. The van der Waals surface area contributed by atoms with Gasteiger partial charge in [-0.05, 0) is 31.9 Å². The fourth-order valence-electron chi connectivity index (χ4n) is 3.60. The Morgan fingerprint density at radius 1 is 0.963 bits per heavy atom. The van der Waals surface area contributed by atoms with Crippen LogP contribution in [0.25, 0.3) is 0 Å². The SMILES string of the molecule is CC(C)(C)N1CC(C(=O)N(Cc2ccccc2)Cc2ccccc2)CC1=O. The summed E-state index contributed by atoms with van der Waals surface area (Å²) < 4.78 is 0. The zero-order valence-corrected chi connectivity index (χ0v) is 16.4. The predicted octanol–water partition coefficient (Wildman–Crippen LogP) is 3.86. The van der Waals surface area contributed by atoms with E-state index in [9.17, 15) is 9.59 Å². The van der Waals surface area contributed by atoms with Crippen molar-refractivity contribution in [1.82, 2.24) is 9.80 Å². The Labute approximate surface area is 161 Å². The number of amides is 2. The van der Waals surface area contributed by atoms with E-state index < -0.39 is 0 Å². The van der Waals surface area contributed by atoms with E-state index in [4.69, 9.17) is 0 Å². The predicted molar refractivity (Wildman–Crippen MR) is 107 cm³/mol. The number of nitrogens with zero attached hydrogens (tertiary/aromatic N) is 2. The quantitative estimate of drug-likeness (QED) is 0.808. The molecule has 1 fully saturated rings. The van der Waals surface area contributed by atoms with Crippen LogP contribution in [0, 0.1) is 5.92 Å². The van der Waals surface area contributed by atoms with E-state index in [1.807, 2.05) is 91.2 Å². The van der Waals surface area contributed by atoms with Gasteiger partial charge < -0.3 is 9.80 Å². The van der Waals surface area contributed by atoms with E-state index >= 15 is 0 Å².